The number of hydrogen-bond donors (Lipinski definition) is 4. The van der Waals surface area contributed by atoms with Crippen molar-refractivity contribution >= 4 is 34.7 Å². The van der Waals surface area contributed by atoms with Gasteiger partial charge in [0.15, 0.2) is 10.2 Å². The molecule has 1 fully saturated rings. The molecular formula is C10H20N4S2. The van der Waals surface area contributed by atoms with Gasteiger partial charge in [0.1, 0.15) is 0 Å². The van der Waals surface area contributed by atoms with Gasteiger partial charge in [0, 0.05) is 26.2 Å². The largest absolute Gasteiger partial charge is 0.366 e. The highest BCUT2D eigenvalue weighted by molar-refractivity contribution is 7.80. The third-order valence-electron chi connectivity index (χ3n) is 2.85. The van der Waals surface area contributed by atoms with Crippen LogP contribution in [-0.4, -0.2) is 36.4 Å². The first-order chi connectivity index (χ1) is 7.67. The molecule has 1 rings (SSSR count). The Kier molecular flexibility index (Phi) is 5.76. The van der Waals surface area contributed by atoms with Crippen LogP contribution in [0.1, 0.15) is 25.7 Å². The lowest BCUT2D eigenvalue weighted by atomic mass is 9.90. The predicted octanol–water partition coefficient (Wildman–Crippen LogP) is 0.485. The SMILES string of the molecule is CNC(=S)N[C@@H]1CCCC[C@H]1NC(=S)NC. The van der Waals surface area contributed by atoms with Crippen molar-refractivity contribution in [3.8, 4) is 0 Å². The van der Waals surface area contributed by atoms with Gasteiger partial charge >= 0.3 is 0 Å². The average molecular weight is 260 g/mol. The quantitative estimate of drug-likeness (QED) is 0.542. The van der Waals surface area contributed by atoms with Gasteiger partial charge in [-0.1, -0.05) is 12.8 Å². The number of nitrogens with one attached hydrogen (secondary N) is 4. The van der Waals surface area contributed by atoms with Gasteiger partial charge in [-0.15, -0.1) is 0 Å². The molecule has 4 nitrogen and oxygen atoms in total. The van der Waals surface area contributed by atoms with Crippen LogP contribution < -0.4 is 21.3 Å². The molecule has 4 N–H and O–H groups in total. The van der Waals surface area contributed by atoms with Crippen LogP contribution in [0.2, 0.25) is 0 Å². The van der Waals surface area contributed by atoms with E-state index in [0.717, 1.165) is 12.8 Å². The number of thiocarbonyl (C=S) groups is 2. The molecule has 0 unspecified atom stereocenters. The lowest BCUT2D eigenvalue weighted by molar-refractivity contribution is 0.337. The Morgan fingerprint density at radius 2 is 1.25 bits per heavy atom. The molecule has 16 heavy (non-hydrogen) atoms. The predicted molar refractivity (Wildman–Crippen MR) is 75.6 cm³/mol. The Morgan fingerprint density at radius 1 is 0.875 bits per heavy atom. The van der Waals surface area contributed by atoms with E-state index in [1.165, 1.54) is 12.8 Å². The third-order valence-corrected chi connectivity index (χ3v) is 3.50. The first-order valence-corrected chi connectivity index (χ1v) is 6.45. The summed E-state index contributed by atoms with van der Waals surface area (Å²) in [6.07, 6.45) is 4.75. The molecule has 0 aromatic carbocycles. The van der Waals surface area contributed by atoms with E-state index < -0.39 is 0 Å². The molecule has 0 spiro atoms. The van der Waals surface area contributed by atoms with E-state index in [1.807, 2.05) is 14.1 Å². The Hall–Kier alpha value is -0.620. The van der Waals surface area contributed by atoms with Gasteiger partial charge in [-0.3, -0.25) is 0 Å². The molecule has 1 aliphatic carbocycles. The van der Waals surface area contributed by atoms with Gasteiger partial charge in [-0.2, -0.15) is 0 Å². The molecule has 6 heteroatoms. The average Bonchev–Trinajstić information content (AvgIpc) is 2.31. The standard InChI is InChI=1S/C10H20N4S2/c1-11-9(15)13-7-5-3-4-6-8(7)14-10(16)12-2/h7-8H,3-6H2,1-2H3,(H2,11,13,15)(H2,12,14,16)/t7-,8-/m1/s1. The summed E-state index contributed by atoms with van der Waals surface area (Å²) >= 11 is 10.3. The molecule has 0 amide bonds. The molecule has 0 radical (unpaired) electrons. The van der Waals surface area contributed by atoms with Crippen LogP contribution in [0.25, 0.3) is 0 Å². The zero-order valence-electron chi connectivity index (χ0n) is 9.80. The van der Waals surface area contributed by atoms with E-state index in [-0.39, 0.29) is 0 Å². The lowest BCUT2D eigenvalue weighted by Crippen LogP contribution is -2.55. The minimum absolute atomic E-state index is 0.361. The molecule has 0 saturated heterocycles. The number of hydrogen-bond acceptors (Lipinski definition) is 2. The zero-order chi connectivity index (χ0) is 12.0. The van der Waals surface area contributed by atoms with Crippen molar-refractivity contribution in [2.24, 2.45) is 0 Å². The zero-order valence-corrected chi connectivity index (χ0v) is 11.4. The Bertz CT molecular complexity index is 231. The van der Waals surface area contributed by atoms with Gasteiger partial charge in [-0.25, -0.2) is 0 Å². The van der Waals surface area contributed by atoms with E-state index in [9.17, 15) is 0 Å². The van der Waals surface area contributed by atoms with Crippen LogP contribution in [0, 0.1) is 0 Å². The fourth-order valence-electron chi connectivity index (χ4n) is 1.96. The van der Waals surface area contributed by atoms with E-state index in [0.29, 0.717) is 22.3 Å². The molecule has 1 saturated carbocycles. The minimum Gasteiger partial charge on any atom is -0.366 e. The van der Waals surface area contributed by atoms with Crippen molar-refractivity contribution in [3.05, 3.63) is 0 Å². The van der Waals surface area contributed by atoms with Crippen molar-refractivity contribution in [2.45, 2.75) is 37.8 Å². The second-order valence-corrected chi connectivity index (χ2v) is 4.76. The third kappa shape index (κ3) is 4.09. The highest BCUT2D eigenvalue weighted by Gasteiger charge is 2.25. The molecule has 0 aliphatic heterocycles. The topological polar surface area (TPSA) is 48.1 Å². The van der Waals surface area contributed by atoms with E-state index in [2.05, 4.69) is 21.3 Å². The summed E-state index contributed by atoms with van der Waals surface area (Å²) in [6, 6.07) is 0.722. The number of rotatable bonds is 2. The summed E-state index contributed by atoms with van der Waals surface area (Å²) in [6.45, 7) is 0. The van der Waals surface area contributed by atoms with Gasteiger partial charge in [0.05, 0.1) is 0 Å². The summed E-state index contributed by atoms with van der Waals surface area (Å²) < 4.78 is 0. The lowest BCUT2D eigenvalue weighted by Gasteiger charge is -2.34. The fraction of sp³-hybridized carbons (Fsp3) is 0.800. The Morgan fingerprint density at radius 3 is 1.56 bits per heavy atom. The van der Waals surface area contributed by atoms with Crippen molar-refractivity contribution in [1.29, 1.82) is 0 Å². The van der Waals surface area contributed by atoms with E-state index >= 15 is 0 Å². The van der Waals surface area contributed by atoms with Gasteiger partial charge in [0.25, 0.3) is 0 Å². The monoisotopic (exact) mass is 260 g/mol. The maximum atomic E-state index is 5.13. The second kappa shape index (κ2) is 6.85. The van der Waals surface area contributed by atoms with Crippen LogP contribution in [0.4, 0.5) is 0 Å². The van der Waals surface area contributed by atoms with E-state index in [4.69, 9.17) is 24.4 Å². The highest BCUT2D eigenvalue weighted by Crippen LogP contribution is 2.18. The van der Waals surface area contributed by atoms with Crippen LogP contribution >= 0.6 is 24.4 Å². The molecule has 2 atom stereocenters. The van der Waals surface area contributed by atoms with E-state index in [1.54, 1.807) is 0 Å². The van der Waals surface area contributed by atoms with Crippen molar-refractivity contribution in [1.82, 2.24) is 21.3 Å². The van der Waals surface area contributed by atoms with Crippen molar-refractivity contribution in [2.75, 3.05) is 14.1 Å². The van der Waals surface area contributed by atoms with Gasteiger partial charge in [-0.05, 0) is 37.3 Å². The Balaban J connectivity index is 2.49. The fourth-order valence-corrected chi connectivity index (χ4v) is 2.26. The maximum Gasteiger partial charge on any atom is 0.166 e. The molecular weight excluding hydrogens is 240 g/mol. The molecule has 0 heterocycles. The van der Waals surface area contributed by atoms with Crippen LogP contribution in [0.5, 0.6) is 0 Å². The van der Waals surface area contributed by atoms with Crippen LogP contribution in [-0.2, 0) is 0 Å². The molecule has 1 aliphatic rings. The maximum absolute atomic E-state index is 5.13. The summed E-state index contributed by atoms with van der Waals surface area (Å²) in [7, 11) is 3.66. The minimum atomic E-state index is 0.361. The smallest absolute Gasteiger partial charge is 0.166 e. The second-order valence-electron chi connectivity index (χ2n) is 3.94. The first kappa shape index (κ1) is 13.4. The molecule has 92 valence electrons. The van der Waals surface area contributed by atoms with Crippen LogP contribution in [0.3, 0.4) is 0 Å². The molecule has 0 aromatic heterocycles. The Labute approximate surface area is 108 Å². The first-order valence-electron chi connectivity index (χ1n) is 5.64. The summed E-state index contributed by atoms with van der Waals surface area (Å²) in [5.41, 5.74) is 0. The highest BCUT2D eigenvalue weighted by atomic mass is 32.1. The summed E-state index contributed by atoms with van der Waals surface area (Å²) in [5.74, 6) is 0. The van der Waals surface area contributed by atoms with Crippen molar-refractivity contribution < 1.29 is 0 Å². The normalized spacial score (nSPS) is 24.4. The van der Waals surface area contributed by atoms with Crippen LogP contribution in [0.15, 0.2) is 0 Å². The van der Waals surface area contributed by atoms with Gasteiger partial charge in [0.2, 0.25) is 0 Å². The summed E-state index contributed by atoms with van der Waals surface area (Å²) in [4.78, 5) is 0. The molecule has 0 bridgehead atoms. The molecule has 0 aromatic rings. The van der Waals surface area contributed by atoms with Gasteiger partial charge < -0.3 is 21.3 Å². The van der Waals surface area contributed by atoms with Crippen molar-refractivity contribution in [3.63, 3.8) is 0 Å². The summed E-state index contributed by atoms with van der Waals surface area (Å²) in [5, 5.41) is 13.9.